The second-order valence-corrected chi connectivity index (χ2v) is 3.89. The van der Waals surface area contributed by atoms with E-state index in [-0.39, 0.29) is 6.61 Å². The molecule has 1 aromatic rings. The highest BCUT2D eigenvalue weighted by molar-refractivity contribution is 6.30. The number of ether oxygens (including phenoxy) is 3. The largest absolute Gasteiger partial charge is 0.488 e. The highest BCUT2D eigenvalue weighted by Gasteiger charge is 2.11. The number of rotatable bonds is 8. The van der Waals surface area contributed by atoms with E-state index in [4.69, 9.17) is 25.8 Å². The molecular formula is C13H17ClO4. The number of benzene rings is 1. The second kappa shape index (κ2) is 8.08. The van der Waals surface area contributed by atoms with Crippen LogP contribution in [0, 0.1) is 0 Å². The molecule has 0 aliphatic rings. The van der Waals surface area contributed by atoms with Gasteiger partial charge in [-0.1, -0.05) is 11.6 Å². The Morgan fingerprint density at radius 1 is 1.28 bits per heavy atom. The summed E-state index contributed by atoms with van der Waals surface area (Å²) in [6.45, 7) is 5.06. The smallest absolute Gasteiger partial charge is 0.191 e. The van der Waals surface area contributed by atoms with E-state index in [0.717, 1.165) is 0 Å². The minimum atomic E-state index is -0.435. The van der Waals surface area contributed by atoms with Gasteiger partial charge in [0, 0.05) is 18.2 Å². The van der Waals surface area contributed by atoms with Crippen molar-refractivity contribution in [1.82, 2.24) is 0 Å². The summed E-state index contributed by atoms with van der Waals surface area (Å²) in [5.74, 6) is 0.471. The molecule has 0 radical (unpaired) electrons. The number of carbonyl (C=O) groups excluding carboxylic acids is 1. The first kappa shape index (κ1) is 15.0. The molecule has 0 fully saturated rings. The topological polar surface area (TPSA) is 44.8 Å². The molecule has 0 saturated carbocycles. The van der Waals surface area contributed by atoms with Gasteiger partial charge in [-0.15, -0.1) is 0 Å². The average molecular weight is 273 g/mol. The van der Waals surface area contributed by atoms with E-state index in [1.165, 1.54) is 0 Å². The third-order valence-electron chi connectivity index (χ3n) is 2.18. The maximum absolute atomic E-state index is 10.9. The quantitative estimate of drug-likeness (QED) is 0.539. The molecule has 0 bridgehead atoms. The lowest BCUT2D eigenvalue weighted by molar-refractivity contribution is -0.152. The van der Waals surface area contributed by atoms with Crippen LogP contribution in [0.25, 0.3) is 0 Å². The Balaban J connectivity index is 2.63. The molecule has 0 heterocycles. The zero-order valence-electron chi connectivity index (χ0n) is 10.5. The summed E-state index contributed by atoms with van der Waals surface area (Å²) in [6, 6.07) is 4.88. The van der Waals surface area contributed by atoms with Crippen molar-refractivity contribution in [2.75, 3.05) is 19.8 Å². The van der Waals surface area contributed by atoms with Gasteiger partial charge < -0.3 is 14.2 Å². The van der Waals surface area contributed by atoms with Crippen LogP contribution in [0.4, 0.5) is 0 Å². The Hall–Kier alpha value is -1.10. The van der Waals surface area contributed by atoms with Gasteiger partial charge in [-0.05, 0) is 32.0 Å². The molecule has 0 aliphatic heterocycles. The second-order valence-electron chi connectivity index (χ2n) is 3.45. The highest BCUT2D eigenvalue weighted by Crippen LogP contribution is 2.21. The van der Waals surface area contributed by atoms with Crippen LogP contribution in [-0.2, 0) is 9.47 Å². The van der Waals surface area contributed by atoms with Crippen molar-refractivity contribution in [3.63, 3.8) is 0 Å². The minimum absolute atomic E-state index is 0.226. The zero-order chi connectivity index (χ0) is 13.4. The van der Waals surface area contributed by atoms with Gasteiger partial charge in [0.25, 0.3) is 0 Å². The molecule has 1 aromatic carbocycles. The van der Waals surface area contributed by atoms with Gasteiger partial charge in [-0.25, -0.2) is 0 Å². The van der Waals surface area contributed by atoms with Gasteiger partial charge in [-0.3, -0.25) is 4.79 Å². The van der Waals surface area contributed by atoms with Gasteiger partial charge in [0.2, 0.25) is 0 Å². The molecule has 0 amide bonds. The van der Waals surface area contributed by atoms with E-state index in [9.17, 15) is 4.79 Å². The van der Waals surface area contributed by atoms with Gasteiger partial charge in [0.05, 0.1) is 5.56 Å². The van der Waals surface area contributed by atoms with Crippen LogP contribution in [0.1, 0.15) is 24.2 Å². The molecule has 0 saturated heterocycles. The van der Waals surface area contributed by atoms with Crippen molar-refractivity contribution in [2.24, 2.45) is 0 Å². The summed E-state index contributed by atoms with van der Waals surface area (Å²) in [6.07, 6.45) is 0.271. The van der Waals surface area contributed by atoms with Crippen molar-refractivity contribution in [3.05, 3.63) is 28.8 Å². The van der Waals surface area contributed by atoms with Crippen LogP contribution in [0.3, 0.4) is 0 Å². The summed E-state index contributed by atoms with van der Waals surface area (Å²) < 4.78 is 16.2. The lowest BCUT2D eigenvalue weighted by Gasteiger charge is -2.18. The monoisotopic (exact) mass is 272 g/mol. The molecule has 0 aliphatic carbocycles. The molecule has 5 heteroatoms. The lowest BCUT2D eigenvalue weighted by atomic mass is 10.2. The number of hydrogen-bond donors (Lipinski definition) is 0. The normalized spacial score (nSPS) is 10.7. The summed E-state index contributed by atoms with van der Waals surface area (Å²) >= 11 is 5.79. The standard InChI is InChI=1S/C13H17ClO4/c1-3-16-13(17-4-2)9-18-12-6-5-11(14)7-10(12)8-15/h5-8,13H,3-4,9H2,1-2H3. The van der Waals surface area contributed by atoms with Crippen LogP contribution in [0.5, 0.6) is 5.75 Å². The van der Waals surface area contributed by atoms with Gasteiger partial charge in [0.1, 0.15) is 12.4 Å². The summed E-state index contributed by atoms with van der Waals surface area (Å²) in [5.41, 5.74) is 0.411. The Labute approximate surface area is 112 Å². The molecule has 0 N–H and O–H groups in total. The molecule has 18 heavy (non-hydrogen) atoms. The SMILES string of the molecule is CCOC(COc1ccc(Cl)cc1C=O)OCC. The van der Waals surface area contributed by atoms with Crippen molar-refractivity contribution in [1.29, 1.82) is 0 Å². The van der Waals surface area contributed by atoms with Gasteiger partial charge in [0.15, 0.2) is 12.6 Å². The fourth-order valence-corrected chi connectivity index (χ4v) is 1.60. The predicted molar refractivity (Wildman–Crippen MR) is 69.4 cm³/mol. The zero-order valence-corrected chi connectivity index (χ0v) is 11.3. The molecule has 0 spiro atoms. The van der Waals surface area contributed by atoms with Crippen LogP contribution in [0.2, 0.25) is 5.02 Å². The predicted octanol–water partition coefficient (Wildman–Crippen LogP) is 2.93. The fraction of sp³-hybridized carbons (Fsp3) is 0.462. The van der Waals surface area contributed by atoms with Crippen molar-refractivity contribution in [3.8, 4) is 5.75 Å². The van der Waals surface area contributed by atoms with Crippen LogP contribution in [0.15, 0.2) is 18.2 Å². The molecule has 0 aromatic heterocycles. The average Bonchev–Trinajstić information content (AvgIpc) is 2.37. The third kappa shape index (κ3) is 4.64. The number of carbonyl (C=O) groups is 1. The maximum atomic E-state index is 10.9. The van der Waals surface area contributed by atoms with E-state index in [2.05, 4.69) is 0 Å². The molecular weight excluding hydrogens is 256 g/mol. The Kier molecular flexibility index (Phi) is 6.72. The van der Waals surface area contributed by atoms with Crippen LogP contribution >= 0.6 is 11.6 Å². The van der Waals surface area contributed by atoms with Gasteiger partial charge >= 0.3 is 0 Å². The van der Waals surface area contributed by atoms with E-state index in [1.807, 2.05) is 13.8 Å². The summed E-state index contributed by atoms with van der Waals surface area (Å²) in [7, 11) is 0. The summed E-state index contributed by atoms with van der Waals surface area (Å²) in [4.78, 5) is 10.9. The maximum Gasteiger partial charge on any atom is 0.191 e. The Morgan fingerprint density at radius 2 is 1.94 bits per heavy atom. The minimum Gasteiger partial charge on any atom is -0.488 e. The van der Waals surface area contributed by atoms with Crippen molar-refractivity contribution in [2.45, 2.75) is 20.1 Å². The number of halogens is 1. The van der Waals surface area contributed by atoms with Crippen molar-refractivity contribution >= 4 is 17.9 Å². The Morgan fingerprint density at radius 3 is 2.50 bits per heavy atom. The molecule has 1 rings (SSSR count). The van der Waals surface area contributed by atoms with Crippen molar-refractivity contribution < 1.29 is 19.0 Å². The number of hydrogen-bond acceptors (Lipinski definition) is 4. The highest BCUT2D eigenvalue weighted by atomic mass is 35.5. The molecule has 100 valence electrons. The van der Waals surface area contributed by atoms with Crippen LogP contribution < -0.4 is 4.74 Å². The van der Waals surface area contributed by atoms with E-state index >= 15 is 0 Å². The first-order valence-corrected chi connectivity index (χ1v) is 6.19. The molecule has 0 atom stereocenters. The third-order valence-corrected chi connectivity index (χ3v) is 2.41. The number of aldehydes is 1. The first-order valence-electron chi connectivity index (χ1n) is 5.82. The van der Waals surface area contributed by atoms with E-state index < -0.39 is 6.29 Å². The lowest BCUT2D eigenvalue weighted by Crippen LogP contribution is -2.25. The van der Waals surface area contributed by atoms with Gasteiger partial charge in [-0.2, -0.15) is 0 Å². The fourth-order valence-electron chi connectivity index (χ4n) is 1.42. The summed E-state index contributed by atoms with van der Waals surface area (Å²) in [5, 5.41) is 0.496. The van der Waals surface area contributed by atoms with E-state index in [0.29, 0.717) is 35.8 Å². The van der Waals surface area contributed by atoms with E-state index in [1.54, 1.807) is 18.2 Å². The Bertz CT molecular complexity index is 375. The molecule has 0 unspecified atom stereocenters. The molecule has 4 nitrogen and oxygen atoms in total. The van der Waals surface area contributed by atoms with Crippen LogP contribution in [-0.4, -0.2) is 32.4 Å². The first-order chi connectivity index (χ1) is 8.71.